The van der Waals surface area contributed by atoms with Gasteiger partial charge in [-0.15, -0.1) is 0 Å². The molecule has 0 spiro atoms. The van der Waals surface area contributed by atoms with Crippen molar-refractivity contribution in [2.45, 2.75) is 25.2 Å². The van der Waals surface area contributed by atoms with Gasteiger partial charge in [0.25, 0.3) is 0 Å². The summed E-state index contributed by atoms with van der Waals surface area (Å²) in [5, 5.41) is 10.4. The van der Waals surface area contributed by atoms with Crippen LogP contribution in [0.1, 0.15) is 31.1 Å². The molecular formula is C10H11N5O. The number of nitrogens with one attached hydrogen (secondary N) is 1. The third kappa shape index (κ3) is 1.19. The summed E-state index contributed by atoms with van der Waals surface area (Å²) in [7, 11) is 0. The van der Waals surface area contributed by atoms with Gasteiger partial charge in [-0.05, 0) is 31.1 Å². The summed E-state index contributed by atoms with van der Waals surface area (Å²) >= 11 is 0. The van der Waals surface area contributed by atoms with Crippen LogP contribution in [0.4, 0.5) is 0 Å². The van der Waals surface area contributed by atoms with Crippen molar-refractivity contribution in [2.75, 3.05) is 0 Å². The fourth-order valence-corrected chi connectivity index (χ4v) is 2.73. The van der Waals surface area contributed by atoms with E-state index in [0.29, 0.717) is 17.6 Å². The highest BCUT2D eigenvalue weighted by molar-refractivity contribution is 5.39. The maximum Gasteiger partial charge on any atom is 0.239 e. The van der Waals surface area contributed by atoms with Crippen LogP contribution < -0.4 is 0 Å². The van der Waals surface area contributed by atoms with E-state index in [4.69, 9.17) is 4.52 Å². The highest BCUT2D eigenvalue weighted by atomic mass is 16.5. The van der Waals surface area contributed by atoms with Gasteiger partial charge in [0.1, 0.15) is 6.33 Å². The van der Waals surface area contributed by atoms with E-state index in [2.05, 4.69) is 25.3 Å². The normalized spacial score (nSPS) is 31.6. The first kappa shape index (κ1) is 8.43. The van der Waals surface area contributed by atoms with E-state index in [1.165, 1.54) is 25.6 Å². The lowest BCUT2D eigenvalue weighted by molar-refractivity contribution is 0.346. The minimum absolute atomic E-state index is 0.466. The van der Waals surface area contributed by atoms with E-state index < -0.39 is 0 Å². The second-order valence-corrected chi connectivity index (χ2v) is 4.71. The first-order valence-corrected chi connectivity index (χ1v) is 5.59. The van der Waals surface area contributed by atoms with Crippen LogP contribution in [-0.2, 0) is 0 Å². The molecule has 2 saturated carbocycles. The van der Waals surface area contributed by atoms with Gasteiger partial charge in [0, 0.05) is 5.92 Å². The lowest BCUT2D eigenvalue weighted by Gasteiger charge is -2.03. The van der Waals surface area contributed by atoms with E-state index in [-0.39, 0.29) is 0 Å². The van der Waals surface area contributed by atoms with E-state index >= 15 is 0 Å². The zero-order valence-corrected chi connectivity index (χ0v) is 8.63. The second-order valence-electron chi connectivity index (χ2n) is 4.71. The van der Waals surface area contributed by atoms with Gasteiger partial charge in [0.05, 0.1) is 0 Å². The predicted octanol–water partition coefficient (Wildman–Crippen LogP) is 1.37. The zero-order valence-electron chi connectivity index (χ0n) is 8.63. The van der Waals surface area contributed by atoms with Crippen LogP contribution in [0.15, 0.2) is 10.9 Å². The van der Waals surface area contributed by atoms with Crippen molar-refractivity contribution in [2.24, 2.45) is 11.8 Å². The van der Waals surface area contributed by atoms with Gasteiger partial charge in [0.15, 0.2) is 5.82 Å². The summed E-state index contributed by atoms with van der Waals surface area (Å²) in [4.78, 5) is 8.38. The molecule has 2 aliphatic rings. The zero-order chi connectivity index (χ0) is 10.5. The monoisotopic (exact) mass is 217 g/mol. The summed E-state index contributed by atoms with van der Waals surface area (Å²) in [6.07, 6.45) is 5.27. The highest BCUT2D eigenvalue weighted by Gasteiger charge is 2.47. The average Bonchev–Trinajstić information content (AvgIpc) is 2.86. The first-order valence-electron chi connectivity index (χ1n) is 5.59. The summed E-state index contributed by atoms with van der Waals surface area (Å²) in [5.41, 5.74) is 0. The summed E-state index contributed by atoms with van der Waals surface area (Å²) in [6.45, 7) is 0. The molecule has 0 aliphatic heterocycles. The molecule has 16 heavy (non-hydrogen) atoms. The van der Waals surface area contributed by atoms with E-state index in [9.17, 15) is 0 Å². The summed E-state index contributed by atoms with van der Waals surface area (Å²) in [5.74, 6) is 4.15. The van der Waals surface area contributed by atoms with Crippen molar-refractivity contribution < 1.29 is 4.52 Å². The molecule has 2 unspecified atom stereocenters. The van der Waals surface area contributed by atoms with E-state index in [1.54, 1.807) is 0 Å². The number of aromatic amines is 1. The summed E-state index contributed by atoms with van der Waals surface area (Å²) < 4.78 is 5.29. The Morgan fingerprint density at radius 1 is 1.25 bits per heavy atom. The van der Waals surface area contributed by atoms with Crippen LogP contribution in [0.5, 0.6) is 0 Å². The molecule has 82 valence electrons. The Morgan fingerprint density at radius 2 is 2.12 bits per heavy atom. The minimum atomic E-state index is 0.466. The third-order valence-corrected chi connectivity index (χ3v) is 3.66. The van der Waals surface area contributed by atoms with Crippen LogP contribution >= 0.6 is 0 Å². The number of rotatable bonds is 2. The molecule has 4 rings (SSSR count). The van der Waals surface area contributed by atoms with Crippen LogP contribution in [0.2, 0.25) is 0 Å². The van der Waals surface area contributed by atoms with Crippen molar-refractivity contribution >= 4 is 0 Å². The molecule has 0 bridgehead atoms. The Bertz CT molecular complexity index is 495. The number of H-pyrrole nitrogens is 1. The number of hydrogen-bond donors (Lipinski definition) is 1. The van der Waals surface area contributed by atoms with Crippen LogP contribution in [0.3, 0.4) is 0 Å². The van der Waals surface area contributed by atoms with Crippen LogP contribution in [-0.4, -0.2) is 25.3 Å². The quantitative estimate of drug-likeness (QED) is 0.821. The first-order chi connectivity index (χ1) is 7.90. The van der Waals surface area contributed by atoms with Gasteiger partial charge in [-0.1, -0.05) is 5.16 Å². The predicted molar refractivity (Wildman–Crippen MR) is 53.2 cm³/mol. The van der Waals surface area contributed by atoms with Crippen molar-refractivity contribution in [3.8, 4) is 11.6 Å². The highest BCUT2D eigenvalue weighted by Crippen LogP contribution is 2.57. The standard InChI is InChI=1S/C10H11N5O/c1-5-2-7(3-6(1)5)10-13-9(15-16-10)8-11-4-12-14-8/h4-7H,1-3H2,(H,11,12,14). The Kier molecular flexibility index (Phi) is 1.53. The average molecular weight is 217 g/mol. The molecule has 0 radical (unpaired) electrons. The maximum atomic E-state index is 5.29. The van der Waals surface area contributed by atoms with Crippen molar-refractivity contribution in [3.05, 3.63) is 12.2 Å². The topological polar surface area (TPSA) is 80.5 Å². The number of aromatic nitrogens is 5. The Balaban J connectivity index is 1.61. The molecule has 1 N–H and O–H groups in total. The van der Waals surface area contributed by atoms with Crippen molar-refractivity contribution in [3.63, 3.8) is 0 Å². The molecule has 2 atom stereocenters. The van der Waals surface area contributed by atoms with Crippen LogP contribution in [0.25, 0.3) is 11.6 Å². The van der Waals surface area contributed by atoms with Gasteiger partial charge in [0.2, 0.25) is 11.7 Å². The molecule has 6 heteroatoms. The lowest BCUT2D eigenvalue weighted by atomic mass is 10.0. The van der Waals surface area contributed by atoms with Gasteiger partial charge < -0.3 is 4.52 Å². The SMILES string of the molecule is c1n[nH]c(-c2noc(C3CC4CC4C3)n2)n1. The second kappa shape index (κ2) is 2.90. The molecule has 2 aliphatic carbocycles. The molecule has 2 aromatic heterocycles. The Morgan fingerprint density at radius 3 is 2.88 bits per heavy atom. The molecule has 0 aromatic carbocycles. The van der Waals surface area contributed by atoms with E-state index in [1.807, 2.05) is 0 Å². The van der Waals surface area contributed by atoms with Crippen molar-refractivity contribution in [1.82, 2.24) is 25.3 Å². The molecule has 6 nitrogen and oxygen atoms in total. The molecular weight excluding hydrogens is 206 g/mol. The number of hydrogen-bond acceptors (Lipinski definition) is 5. The third-order valence-electron chi connectivity index (χ3n) is 3.66. The largest absolute Gasteiger partial charge is 0.339 e. The molecule has 2 aromatic rings. The van der Waals surface area contributed by atoms with Gasteiger partial charge in [-0.2, -0.15) is 10.1 Å². The molecule has 0 saturated heterocycles. The Hall–Kier alpha value is -1.72. The summed E-state index contributed by atoms with van der Waals surface area (Å²) in [6, 6.07) is 0. The maximum absolute atomic E-state index is 5.29. The lowest BCUT2D eigenvalue weighted by Crippen LogP contribution is -1.96. The molecule has 2 heterocycles. The fraction of sp³-hybridized carbons (Fsp3) is 0.600. The smallest absolute Gasteiger partial charge is 0.239 e. The fourth-order valence-electron chi connectivity index (χ4n) is 2.73. The van der Waals surface area contributed by atoms with E-state index in [0.717, 1.165) is 17.7 Å². The van der Waals surface area contributed by atoms with Crippen LogP contribution in [0, 0.1) is 11.8 Å². The van der Waals surface area contributed by atoms with Gasteiger partial charge in [-0.3, -0.25) is 5.10 Å². The molecule has 2 fully saturated rings. The Labute approximate surface area is 91.5 Å². The molecule has 0 amide bonds. The minimum Gasteiger partial charge on any atom is -0.339 e. The van der Waals surface area contributed by atoms with Gasteiger partial charge >= 0.3 is 0 Å². The van der Waals surface area contributed by atoms with Crippen molar-refractivity contribution in [1.29, 1.82) is 0 Å². The number of fused-ring (bicyclic) bond motifs is 1. The number of nitrogens with zero attached hydrogens (tertiary/aromatic N) is 4. The van der Waals surface area contributed by atoms with Gasteiger partial charge in [-0.25, -0.2) is 4.98 Å².